The molecule has 1 fully saturated rings. The number of carboxylic acids is 3. The third-order valence-corrected chi connectivity index (χ3v) is 18.3. The maximum Gasteiger partial charge on any atom is 0.490 e. The lowest BCUT2D eigenvalue weighted by atomic mass is 9.92. The molecule has 4 amide bonds. The van der Waals surface area contributed by atoms with Crippen LogP contribution in [0, 0.1) is 30.1 Å². The van der Waals surface area contributed by atoms with E-state index in [-0.39, 0.29) is 84.2 Å². The zero-order valence-electron chi connectivity index (χ0n) is 61.5. The molecule has 0 bridgehead atoms. The fourth-order valence-electron chi connectivity index (χ4n) is 9.87. The molecule has 32 nitrogen and oxygen atoms in total. The number of carboxylic acid groups (broad SMARTS) is 3. The van der Waals surface area contributed by atoms with E-state index in [2.05, 4.69) is 97.7 Å². The van der Waals surface area contributed by atoms with Crippen molar-refractivity contribution < 1.29 is 111 Å². The SMILES string of the molecule is Cc1cc(OCCCC(=O)NCCNC(=O)[C@H](CS(=O)(=O)O)NC(=O)CN2CCN(CCC(C)(C)C)CCN(CCC(C)(C)C)CCN(COC(=O)C(C)(C)C)CC2)cc(C)c1S(=O)(=O)N[C@@H](CNC(=O)c1ccc2c(cnn2CCCNc2ncc[nH]2)c1)C(=O)O.O=C(O)C(F)(F)F.O=C(O)C(F)(F)F. The molecule has 40 heteroatoms. The number of aliphatic carboxylic acids is 3. The van der Waals surface area contributed by atoms with Gasteiger partial charge in [-0.1, -0.05) is 41.5 Å². The Hall–Kier alpha value is -8.28. The molecule has 5 rings (SSSR count). The third-order valence-electron chi connectivity index (χ3n) is 15.7. The number of esters is 1. The third kappa shape index (κ3) is 36.3. The quantitative estimate of drug-likeness (QED) is 0.0136. The molecule has 4 aromatic rings. The van der Waals surface area contributed by atoms with E-state index in [0.717, 1.165) is 57.5 Å². The van der Waals surface area contributed by atoms with E-state index in [1.165, 1.54) is 26.0 Å². The first-order chi connectivity index (χ1) is 48.9. The molecule has 0 unspecified atom stereocenters. The first-order valence-electron chi connectivity index (χ1n) is 33.8. The minimum atomic E-state index is -5.08. The number of benzene rings is 2. The standard InChI is InChI=1S/C62H100N14O14S2.2C2HF3O2/c1-44-36-48(37-45(2)54(44)92(87,88)71-49(57(81)82)40-68-55(79)46-15-16-51-47(38-46)39-69-76(51)24-13-19-65-59-66-22-23-67-59)89-35-12-14-52(77)63-20-21-64-56(80)50(42-91(84,85)86)70-53(78)41-74-31-29-72(25-17-60(3,4)5)27-28-73(26-18-61(6,7)8)30-33-75(34-32-74)43-90-58(83)62(9,10)11;2*3-2(4,5)1(6)7/h15-16,22-23,36-39,49-50,71H,12-14,17-21,24-35,40-43H2,1-11H3,(H,63,77)(H,64,80)(H,68,79)(H,70,78)(H,81,82)(H2,65,66,67)(H,84,85,86);2*(H,6,7)/t49-,50-;;/m0../s1. The number of sulfonamides is 1. The molecule has 0 radical (unpaired) electrons. The lowest BCUT2D eigenvalue weighted by Gasteiger charge is -2.35. The van der Waals surface area contributed by atoms with Crippen LogP contribution in [0.25, 0.3) is 10.9 Å². The van der Waals surface area contributed by atoms with Gasteiger partial charge in [-0.15, -0.1) is 0 Å². The van der Waals surface area contributed by atoms with Crippen molar-refractivity contribution in [2.45, 2.75) is 144 Å². The first-order valence-corrected chi connectivity index (χ1v) is 36.9. The van der Waals surface area contributed by atoms with Crippen molar-refractivity contribution in [3.63, 3.8) is 0 Å². The molecule has 106 heavy (non-hydrogen) atoms. The highest BCUT2D eigenvalue weighted by molar-refractivity contribution is 7.89. The number of amides is 4. The van der Waals surface area contributed by atoms with Crippen molar-refractivity contribution in [1.29, 1.82) is 0 Å². The maximum atomic E-state index is 13.8. The smallest absolute Gasteiger partial charge is 0.490 e. The second kappa shape index (κ2) is 41.7. The van der Waals surface area contributed by atoms with Crippen LogP contribution in [0.4, 0.5) is 32.3 Å². The summed E-state index contributed by atoms with van der Waals surface area (Å²) in [7, 11) is -9.22. The van der Waals surface area contributed by atoms with Crippen LogP contribution in [0.3, 0.4) is 0 Å². The molecule has 3 heterocycles. The Bertz CT molecular complexity index is 3720. The molecular formula is C66H102F6N14O18S2. The fraction of sp³-hybridized carbons (Fsp3) is 0.636. The number of aromatic nitrogens is 4. The fourth-order valence-corrected chi connectivity index (χ4v) is 12.2. The van der Waals surface area contributed by atoms with Gasteiger partial charge < -0.3 is 66.2 Å². The Morgan fingerprint density at radius 2 is 1.19 bits per heavy atom. The van der Waals surface area contributed by atoms with Crippen molar-refractivity contribution in [2.24, 2.45) is 16.2 Å². The predicted molar refractivity (Wildman–Crippen MR) is 377 cm³/mol. The topological polar surface area (TPSA) is 436 Å². The number of alkyl halides is 6. The van der Waals surface area contributed by atoms with E-state index in [1.807, 2.05) is 9.80 Å². The number of hydrogen-bond acceptors (Lipinski definition) is 21. The molecule has 0 aliphatic carbocycles. The largest absolute Gasteiger partial charge is 0.494 e. The number of imidazole rings is 1. The minimum absolute atomic E-state index is 0.0109. The van der Waals surface area contributed by atoms with Crippen LogP contribution in [-0.4, -0.2) is 265 Å². The van der Waals surface area contributed by atoms with Crippen LogP contribution in [0.2, 0.25) is 0 Å². The molecular weight excluding hydrogens is 1450 g/mol. The monoisotopic (exact) mass is 1560 g/mol. The predicted octanol–water partition coefficient (Wildman–Crippen LogP) is 4.71. The van der Waals surface area contributed by atoms with E-state index < -0.39 is 104 Å². The summed E-state index contributed by atoms with van der Waals surface area (Å²) in [6.45, 7) is 28.6. The number of H-pyrrole nitrogens is 1. The van der Waals surface area contributed by atoms with Gasteiger partial charge in [0.2, 0.25) is 27.7 Å². The van der Waals surface area contributed by atoms with Crippen molar-refractivity contribution in [2.75, 3.05) is 123 Å². The van der Waals surface area contributed by atoms with E-state index in [9.17, 15) is 81.6 Å². The number of rotatable bonds is 32. The van der Waals surface area contributed by atoms with Gasteiger partial charge in [0.25, 0.3) is 16.0 Å². The molecule has 11 N–H and O–H groups in total. The number of nitrogens with zero attached hydrogens (tertiary/aromatic N) is 7. The van der Waals surface area contributed by atoms with Crippen molar-refractivity contribution in [1.82, 2.24) is 65.3 Å². The highest BCUT2D eigenvalue weighted by Gasteiger charge is 2.39. The van der Waals surface area contributed by atoms with Crippen LogP contribution in [-0.2, 0) is 65.0 Å². The van der Waals surface area contributed by atoms with Crippen LogP contribution in [0.5, 0.6) is 5.75 Å². The average molecular weight is 1560 g/mol. The summed E-state index contributed by atoms with van der Waals surface area (Å²) in [5.41, 5.74) is 1.02. The summed E-state index contributed by atoms with van der Waals surface area (Å²) in [4.78, 5) is 112. The molecule has 2 aromatic carbocycles. The number of aryl methyl sites for hydroxylation is 3. The molecule has 1 aliphatic rings. The van der Waals surface area contributed by atoms with Gasteiger partial charge in [0.15, 0.2) is 5.95 Å². The lowest BCUT2D eigenvalue weighted by molar-refractivity contribution is -0.193. The Labute approximate surface area is 612 Å². The van der Waals surface area contributed by atoms with Crippen LogP contribution in [0.15, 0.2) is 53.8 Å². The molecule has 598 valence electrons. The van der Waals surface area contributed by atoms with Crippen molar-refractivity contribution >= 4 is 84.5 Å². The van der Waals surface area contributed by atoms with E-state index >= 15 is 0 Å². The normalized spacial score (nSPS) is 15.0. The van der Waals surface area contributed by atoms with Crippen molar-refractivity contribution in [3.05, 3.63) is 65.6 Å². The molecule has 1 aliphatic heterocycles. The number of anilines is 1. The summed E-state index contributed by atoms with van der Waals surface area (Å²) < 4.78 is 141. The molecule has 0 saturated carbocycles. The Morgan fingerprint density at radius 1 is 0.660 bits per heavy atom. The summed E-state index contributed by atoms with van der Waals surface area (Å²) in [5.74, 6) is -10.1. The Kier molecular flexibility index (Phi) is 36.2. The highest BCUT2D eigenvalue weighted by atomic mass is 32.2. The number of fused-ring (bicyclic) bond motifs is 1. The highest BCUT2D eigenvalue weighted by Crippen LogP contribution is 2.27. The summed E-state index contributed by atoms with van der Waals surface area (Å²) in [6.07, 6.45) is -2.27. The van der Waals surface area contributed by atoms with E-state index in [4.69, 9.17) is 29.3 Å². The van der Waals surface area contributed by atoms with Gasteiger partial charge in [0.1, 0.15) is 30.3 Å². The molecule has 1 saturated heterocycles. The summed E-state index contributed by atoms with van der Waals surface area (Å²) in [5, 5.41) is 42.8. The second-order valence-corrected chi connectivity index (χ2v) is 31.7. The van der Waals surface area contributed by atoms with Gasteiger partial charge in [-0.05, 0) is 126 Å². The zero-order valence-corrected chi connectivity index (χ0v) is 63.1. The lowest BCUT2D eigenvalue weighted by Crippen LogP contribution is -2.54. The second-order valence-electron chi connectivity index (χ2n) is 28.5. The van der Waals surface area contributed by atoms with Crippen molar-refractivity contribution in [3.8, 4) is 5.75 Å². The van der Waals surface area contributed by atoms with Gasteiger partial charge in [-0.25, -0.2) is 23.0 Å². The number of nitrogens with one attached hydrogen (secondary N) is 7. The number of halogens is 6. The van der Waals surface area contributed by atoms with Gasteiger partial charge >= 0.3 is 36.2 Å². The van der Waals surface area contributed by atoms with E-state index in [1.54, 1.807) is 62.2 Å². The number of hydrogen-bond donors (Lipinski definition) is 11. The summed E-state index contributed by atoms with van der Waals surface area (Å²) >= 11 is 0. The number of carbonyl (C=O) groups is 8. The van der Waals surface area contributed by atoms with Gasteiger partial charge in [0.05, 0.1) is 35.2 Å². The van der Waals surface area contributed by atoms with Crippen LogP contribution >= 0.6 is 0 Å². The molecule has 0 spiro atoms. The van der Waals surface area contributed by atoms with Crippen LogP contribution < -0.4 is 36.0 Å². The van der Waals surface area contributed by atoms with Crippen LogP contribution in [0.1, 0.15) is 116 Å². The van der Waals surface area contributed by atoms with Gasteiger partial charge in [0, 0.05) is 115 Å². The molecule has 2 atom stereocenters. The Morgan fingerprint density at radius 3 is 1.68 bits per heavy atom. The average Bonchev–Trinajstić information content (AvgIpc) is 0.842. The number of aromatic amines is 1. The number of ether oxygens (including phenoxy) is 2. The number of carbonyl (C=O) groups excluding carboxylic acids is 5. The maximum absolute atomic E-state index is 13.8. The molecule has 2 aromatic heterocycles. The first kappa shape index (κ1) is 91.9. The summed E-state index contributed by atoms with van der Waals surface area (Å²) in [6, 6.07) is 4.45. The van der Waals surface area contributed by atoms with Gasteiger partial charge in [-0.2, -0.15) is 44.6 Å². The zero-order chi connectivity index (χ0) is 80.2. The minimum Gasteiger partial charge on any atom is -0.494 e. The van der Waals surface area contributed by atoms with E-state index in [0.29, 0.717) is 62.9 Å². The van der Waals surface area contributed by atoms with Gasteiger partial charge in [-0.3, -0.25) is 47.8 Å². The Balaban J connectivity index is 0.00000188.